The lowest BCUT2D eigenvalue weighted by atomic mass is 10.2. The lowest BCUT2D eigenvalue weighted by molar-refractivity contribution is 0.185. The maximum absolute atomic E-state index is 8.73. The van der Waals surface area contributed by atoms with E-state index in [1.54, 1.807) is 19.2 Å². The molecule has 0 aliphatic rings. The van der Waals surface area contributed by atoms with Gasteiger partial charge in [-0.3, -0.25) is 10.8 Å². The molecule has 0 bridgehead atoms. The first kappa shape index (κ1) is 14.2. The Hall–Kier alpha value is -1.91. The summed E-state index contributed by atoms with van der Waals surface area (Å²) in [6.07, 6.45) is 0. The zero-order chi connectivity index (χ0) is 13.5. The number of nitrogens with one attached hydrogen (secondary N) is 2. The van der Waals surface area contributed by atoms with Crippen LogP contribution in [0.4, 0.5) is 5.69 Å². The van der Waals surface area contributed by atoms with Crippen molar-refractivity contribution in [2.75, 3.05) is 12.5 Å². The van der Waals surface area contributed by atoms with Crippen LogP contribution in [0.15, 0.2) is 27.8 Å². The van der Waals surface area contributed by atoms with Crippen molar-refractivity contribution in [3.63, 3.8) is 0 Å². The minimum atomic E-state index is -0.381. The van der Waals surface area contributed by atoms with E-state index in [4.69, 9.17) is 21.1 Å². The highest BCUT2D eigenvalue weighted by Crippen LogP contribution is 2.22. The predicted molar refractivity (Wildman–Crippen MR) is 73.4 cm³/mol. The van der Waals surface area contributed by atoms with Crippen molar-refractivity contribution in [2.24, 2.45) is 10.8 Å². The number of amidine groups is 1. The van der Waals surface area contributed by atoms with Gasteiger partial charge in [-0.15, -0.1) is 0 Å². The second-order valence-electron chi connectivity index (χ2n) is 3.33. The van der Waals surface area contributed by atoms with E-state index < -0.39 is 0 Å². The number of anilines is 1. The van der Waals surface area contributed by atoms with Crippen molar-refractivity contribution >= 4 is 33.2 Å². The van der Waals surface area contributed by atoms with Crippen LogP contribution in [0.25, 0.3) is 0 Å². The molecule has 6 nitrogen and oxygen atoms in total. The van der Waals surface area contributed by atoms with E-state index in [2.05, 4.69) is 26.5 Å². The van der Waals surface area contributed by atoms with Gasteiger partial charge in [-0.05, 0) is 12.1 Å². The van der Waals surface area contributed by atoms with Crippen molar-refractivity contribution in [3.8, 4) is 6.07 Å². The maximum Gasteiger partial charge on any atom is 0.201 e. The number of nitrogens with two attached hydrogens (primary N) is 1. The molecule has 94 valence electrons. The van der Waals surface area contributed by atoms with Crippen molar-refractivity contribution < 1.29 is 4.74 Å². The van der Waals surface area contributed by atoms with Crippen LogP contribution in [-0.2, 0) is 11.3 Å². The summed E-state index contributed by atoms with van der Waals surface area (Å²) in [7, 11) is 1.59. The standard InChI is InChI=1S/C11H12BrN5O/c1-18-6-7-2-3-8(12)4-9(7)16-17-10(5-13)11(14)15/h2-4,16H,6H2,1H3,(H3,14,15)/b17-10+. The van der Waals surface area contributed by atoms with Crippen LogP contribution in [0.3, 0.4) is 0 Å². The molecule has 0 saturated carbocycles. The second kappa shape index (κ2) is 6.74. The third-order valence-corrected chi connectivity index (χ3v) is 2.51. The van der Waals surface area contributed by atoms with Gasteiger partial charge in [0.1, 0.15) is 6.07 Å². The summed E-state index contributed by atoms with van der Waals surface area (Å²) >= 11 is 3.34. The summed E-state index contributed by atoms with van der Waals surface area (Å²) in [4.78, 5) is 0. The van der Waals surface area contributed by atoms with Crippen LogP contribution in [0.1, 0.15) is 5.56 Å². The number of hydrogen-bond donors (Lipinski definition) is 3. The van der Waals surface area contributed by atoms with E-state index in [1.807, 2.05) is 12.1 Å². The highest BCUT2D eigenvalue weighted by molar-refractivity contribution is 9.10. The zero-order valence-corrected chi connectivity index (χ0v) is 11.3. The highest BCUT2D eigenvalue weighted by Gasteiger charge is 2.05. The molecule has 0 atom stereocenters. The maximum atomic E-state index is 8.73. The molecule has 0 unspecified atom stereocenters. The van der Waals surface area contributed by atoms with Crippen molar-refractivity contribution in [1.82, 2.24) is 0 Å². The first-order valence-electron chi connectivity index (χ1n) is 4.94. The van der Waals surface area contributed by atoms with Gasteiger partial charge in [-0.25, -0.2) is 0 Å². The van der Waals surface area contributed by atoms with Gasteiger partial charge >= 0.3 is 0 Å². The number of halogens is 1. The fraction of sp³-hybridized carbons (Fsp3) is 0.182. The van der Waals surface area contributed by atoms with Gasteiger partial charge in [-0.2, -0.15) is 10.4 Å². The number of methoxy groups -OCH3 is 1. The van der Waals surface area contributed by atoms with Gasteiger partial charge in [-0.1, -0.05) is 22.0 Å². The van der Waals surface area contributed by atoms with E-state index in [1.165, 1.54) is 0 Å². The average Bonchev–Trinajstić information content (AvgIpc) is 2.33. The molecule has 0 aliphatic carbocycles. The SMILES string of the molecule is COCc1ccc(Br)cc1N/N=C(\C#N)C(=N)N. The third-order valence-electron chi connectivity index (χ3n) is 2.02. The quantitative estimate of drug-likeness (QED) is 0.438. The van der Waals surface area contributed by atoms with Gasteiger partial charge in [0.25, 0.3) is 0 Å². The molecule has 0 aliphatic heterocycles. The fourth-order valence-corrected chi connectivity index (χ4v) is 1.56. The van der Waals surface area contributed by atoms with Crippen LogP contribution in [0.5, 0.6) is 0 Å². The summed E-state index contributed by atoms with van der Waals surface area (Å²) in [5.41, 5.74) is 9.29. The molecular formula is C11H12BrN5O. The lowest BCUT2D eigenvalue weighted by Gasteiger charge is -2.08. The molecule has 0 spiro atoms. The molecular weight excluding hydrogens is 298 g/mol. The molecule has 1 aromatic carbocycles. The largest absolute Gasteiger partial charge is 0.382 e. The normalized spacial score (nSPS) is 10.8. The minimum absolute atomic E-state index is 0.168. The average molecular weight is 310 g/mol. The van der Waals surface area contributed by atoms with Gasteiger partial charge in [0.15, 0.2) is 5.84 Å². The van der Waals surface area contributed by atoms with Gasteiger partial charge in [0, 0.05) is 17.1 Å². The van der Waals surface area contributed by atoms with Crippen LogP contribution in [0, 0.1) is 16.7 Å². The van der Waals surface area contributed by atoms with E-state index in [9.17, 15) is 0 Å². The lowest BCUT2D eigenvalue weighted by Crippen LogP contribution is -2.22. The molecule has 0 radical (unpaired) electrons. The Labute approximate surface area is 113 Å². The number of benzene rings is 1. The Bertz CT molecular complexity index is 521. The Morgan fingerprint density at radius 1 is 1.67 bits per heavy atom. The minimum Gasteiger partial charge on any atom is -0.382 e. The molecule has 18 heavy (non-hydrogen) atoms. The highest BCUT2D eigenvalue weighted by atomic mass is 79.9. The molecule has 1 aromatic rings. The van der Waals surface area contributed by atoms with E-state index in [0.29, 0.717) is 12.3 Å². The molecule has 1 rings (SSSR count). The first-order chi connectivity index (χ1) is 8.58. The molecule has 0 fully saturated rings. The van der Waals surface area contributed by atoms with Crippen molar-refractivity contribution in [2.45, 2.75) is 6.61 Å². The van der Waals surface area contributed by atoms with Crippen molar-refractivity contribution in [1.29, 1.82) is 10.7 Å². The Morgan fingerprint density at radius 3 is 2.94 bits per heavy atom. The fourth-order valence-electron chi connectivity index (χ4n) is 1.20. The number of hydrazone groups is 1. The van der Waals surface area contributed by atoms with Crippen LogP contribution < -0.4 is 11.2 Å². The van der Waals surface area contributed by atoms with Crippen LogP contribution >= 0.6 is 15.9 Å². The van der Waals surface area contributed by atoms with E-state index in [0.717, 1.165) is 10.0 Å². The summed E-state index contributed by atoms with van der Waals surface area (Å²) in [5, 5.41) is 19.6. The Morgan fingerprint density at radius 2 is 2.39 bits per heavy atom. The number of hydrogen-bond acceptors (Lipinski definition) is 5. The Kier molecular flexibility index (Phi) is 5.30. The number of nitriles is 1. The summed E-state index contributed by atoms with van der Waals surface area (Å²) in [5.74, 6) is -0.381. The molecule has 0 aromatic heterocycles. The van der Waals surface area contributed by atoms with E-state index in [-0.39, 0.29) is 11.5 Å². The number of nitrogens with zero attached hydrogens (tertiary/aromatic N) is 2. The number of ether oxygens (including phenoxy) is 1. The summed E-state index contributed by atoms with van der Waals surface area (Å²) in [6.45, 7) is 0.410. The number of rotatable bonds is 5. The molecule has 0 heterocycles. The third kappa shape index (κ3) is 3.84. The summed E-state index contributed by atoms with van der Waals surface area (Å²) < 4.78 is 5.92. The van der Waals surface area contributed by atoms with Crippen molar-refractivity contribution in [3.05, 3.63) is 28.2 Å². The predicted octanol–water partition coefficient (Wildman–Crippen LogP) is 1.82. The molecule has 0 saturated heterocycles. The molecule has 7 heteroatoms. The van der Waals surface area contributed by atoms with E-state index >= 15 is 0 Å². The zero-order valence-electron chi connectivity index (χ0n) is 9.70. The first-order valence-corrected chi connectivity index (χ1v) is 5.73. The molecule has 0 amide bonds. The van der Waals surface area contributed by atoms with Crippen LogP contribution in [-0.4, -0.2) is 18.7 Å². The monoisotopic (exact) mass is 309 g/mol. The smallest absolute Gasteiger partial charge is 0.201 e. The molecule has 4 N–H and O–H groups in total. The van der Waals surface area contributed by atoms with Gasteiger partial charge in [0.2, 0.25) is 5.71 Å². The van der Waals surface area contributed by atoms with Gasteiger partial charge < -0.3 is 10.5 Å². The Balaban J connectivity index is 2.99. The van der Waals surface area contributed by atoms with Crippen LogP contribution in [0.2, 0.25) is 0 Å². The second-order valence-corrected chi connectivity index (χ2v) is 4.25. The summed E-state index contributed by atoms with van der Waals surface area (Å²) in [6, 6.07) is 7.27. The van der Waals surface area contributed by atoms with Gasteiger partial charge in [0.05, 0.1) is 12.3 Å². The topological polar surface area (TPSA) is 107 Å².